The maximum absolute atomic E-state index is 12.0. The van der Waals surface area contributed by atoms with Crippen molar-refractivity contribution < 1.29 is 9.21 Å². The number of hydrogen-bond donors (Lipinski definition) is 1. The summed E-state index contributed by atoms with van der Waals surface area (Å²) in [6.45, 7) is 2.57. The van der Waals surface area contributed by atoms with Crippen LogP contribution in [-0.4, -0.2) is 22.6 Å². The van der Waals surface area contributed by atoms with E-state index in [0.717, 1.165) is 12.0 Å². The molecule has 2 aromatic carbocycles. The molecule has 0 aliphatic carbocycles. The zero-order valence-electron chi connectivity index (χ0n) is 12.8. The molecular formula is C18H17N3O2. The monoisotopic (exact) mass is 307 g/mol. The summed E-state index contributed by atoms with van der Waals surface area (Å²) in [4.78, 5) is 12.0. The van der Waals surface area contributed by atoms with Gasteiger partial charge in [-0.1, -0.05) is 48.0 Å². The average molecular weight is 307 g/mol. The van der Waals surface area contributed by atoms with Gasteiger partial charge in [0.15, 0.2) is 0 Å². The number of rotatable bonds is 5. The fourth-order valence-corrected chi connectivity index (χ4v) is 2.16. The van der Waals surface area contributed by atoms with Crippen LogP contribution in [0.2, 0.25) is 0 Å². The Morgan fingerprint density at radius 3 is 2.52 bits per heavy atom. The number of amides is 1. The summed E-state index contributed by atoms with van der Waals surface area (Å²) in [7, 11) is 0. The molecule has 23 heavy (non-hydrogen) atoms. The Balaban J connectivity index is 1.56. The molecule has 0 fully saturated rings. The molecule has 3 aromatic rings. The van der Waals surface area contributed by atoms with Gasteiger partial charge in [0.2, 0.25) is 5.89 Å². The Morgan fingerprint density at radius 1 is 1.04 bits per heavy atom. The smallest absolute Gasteiger partial charge is 0.308 e. The Hall–Kier alpha value is -2.95. The molecule has 0 unspecified atom stereocenters. The van der Waals surface area contributed by atoms with Crippen molar-refractivity contribution in [3.8, 4) is 11.5 Å². The van der Waals surface area contributed by atoms with Crippen molar-refractivity contribution in [2.45, 2.75) is 13.3 Å². The van der Waals surface area contributed by atoms with Crippen LogP contribution in [0.25, 0.3) is 11.5 Å². The van der Waals surface area contributed by atoms with Crippen molar-refractivity contribution in [3.05, 3.63) is 71.6 Å². The second-order valence-electron chi connectivity index (χ2n) is 5.27. The standard InChI is InChI=1S/C18H17N3O2/c1-13-7-9-14(10-8-13)11-12-19-16(22)18-21-20-17(23-18)15-5-3-2-4-6-15/h2-10H,11-12H2,1H3,(H,19,22). The summed E-state index contributed by atoms with van der Waals surface area (Å²) in [5.74, 6) is -0.0335. The van der Waals surface area contributed by atoms with Crippen LogP contribution in [0.5, 0.6) is 0 Å². The molecule has 5 nitrogen and oxygen atoms in total. The third-order valence-corrected chi connectivity index (χ3v) is 3.46. The van der Waals surface area contributed by atoms with E-state index in [1.807, 2.05) is 37.3 Å². The van der Waals surface area contributed by atoms with Gasteiger partial charge < -0.3 is 9.73 Å². The maximum atomic E-state index is 12.0. The van der Waals surface area contributed by atoms with E-state index in [2.05, 4.69) is 39.8 Å². The van der Waals surface area contributed by atoms with Crippen molar-refractivity contribution in [1.29, 1.82) is 0 Å². The van der Waals surface area contributed by atoms with Crippen LogP contribution in [0.3, 0.4) is 0 Å². The lowest BCUT2D eigenvalue weighted by atomic mass is 10.1. The van der Waals surface area contributed by atoms with Gasteiger partial charge in [0.05, 0.1) is 0 Å². The van der Waals surface area contributed by atoms with Crippen LogP contribution in [-0.2, 0) is 6.42 Å². The molecule has 0 saturated heterocycles. The number of nitrogens with one attached hydrogen (secondary N) is 1. The van der Waals surface area contributed by atoms with Crippen molar-refractivity contribution in [3.63, 3.8) is 0 Å². The second-order valence-corrected chi connectivity index (χ2v) is 5.27. The van der Waals surface area contributed by atoms with Crippen LogP contribution in [0.4, 0.5) is 0 Å². The van der Waals surface area contributed by atoms with Crippen LogP contribution in [0, 0.1) is 6.92 Å². The van der Waals surface area contributed by atoms with Crippen LogP contribution in [0.15, 0.2) is 59.0 Å². The third-order valence-electron chi connectivity index (χ3n) is 3.46. The lowest BCUT2D eigenvalue weighted by Crippen LogP contribution is -2.26. The molecule has 0 saturated carbocycles. The van der Waals surface area contributed by atoms with Gasteiger partial charge >= 0.3 is 11.8 Å². The summed E-state index contributed by atoms with van der Waals surface area (Å²) in [5.41, 5.74) is 3.18. The summed E-state index contributed by atoms with van der Waals surface area (Å²) < 4.78 is 5.42. The minimum atomic E-state index is -0.355. The molecule has 3 rings (SSSR count). The quantitative estimate of drug-likeness (QED) is 0.786. The number of aryl methyl sites for hydroxylation is 1. The van der Waals surface area contributed by atoms with Crippen molar-refractivity contribution >= 4 is 5.91 Å². The normalized spacial score (nSPS) is 10.5. The van der Waals surface area contributed by atoms with Crippen molar-refractivity contribution in [2.24, 2.45) is 0 Å². The fraction of sp³-hybridized carbons (Fsp3) is 0.167. The average Bonchev–Trinajstić information content (AvgIpc) is 3.07. The van der Waals surface area contributed by atoms with E-state index in [0.29, 0.717) is 12.4 Å². The summed E-state index contributed by atoms with van der Waals surface area (Å²) in [6.07, 6.45) is 0.756. The van der Waals surface area contributed by atoms with Gasteiger partial charge in [-0.3, -0.25) is 4.79 Å². The SMILES string of the molecule is Cc1ccc(CCNC(=O)c2nnc(-c3ccccc3)o2)cc1. The summed E-state index contributed by atoms with van der Waals surface area (Å²) >= 11 is 0. The molecule has 0 aliphatic heterocycles. The van der Waals surface area contributed by atoms with Gasteiger partial charge in [0.1, 0.15) is 0 Å². The van der Waals surface area contributed by atoms with Gasteiger partial charge in [-0.25, -0.2) is 0 Å². The van der Waals surface area contributed by atoms with Gasteiger partial charge in [0, 0.05) is 12.1 Å². The molecule has 0 bridgehead atoms. The first-order valence-electron chi connectivity index (χ1n) is 7.45. The Kier molecular flexibility index (Phi) is 4.47. The molecule has 0 spiro atoms. The lowest BCUT2D eigenvalue weighted by Gasteiger charge is -2.03. The van der Waals surface area contributed by atoms with E-state index in [4.69, 9.17) is 4.42 Å². The van der Waals surface area contributed by atoms with E-state index < -0.39 is 0 Å². The minimum absolute atomic E-state index is 0.0206. The topological polar surface area (TPSA) is 68.0 Å². The Bertz CT molecular complexity index is 780. The molecule has 0 radical (unpaired) electrons. The van der Waals surface area contributed by atoms with Gasteiger partial charge in [-0.2, -0.15) is 0 Å². The molecule has 0 aliphatic rings. The molecule has 1 aromatic heterocycles. The number of carbonyl (C=O) groups is 1. The van der Waals surface area contributed by atoms with Crippen LogP contribution < -0.4 is 5.32 Å². The second kappa shape index (κ2) is 6.87. The minimum Gasteiger partial charge on any atom is -0.412 e. The van der Waals surface area contributed by atoms with Gasteiger partial charge in [-0.05, 0) is 31.0 Å². The Morgan fingerprint density at radius 2 is 1.78 bits per heavy atom. The predicted molar refractivity (Wildman–Crippen MR) is 87.0 cm³/mol. The third kappa shape index (κ3) is 3.83. The number of carbonyl (C=O) groups excluding carboxylic acids is 1. The van der Waals surface area contributed by atoms with Crippen molar-refractivity contribution in [1.82, 2.24) is 15.5 Å². The highest BCUT2D eigenvalue weighted by atomic mass is 16.4. The molecule has 1 N–H and O–H groups in total. The fourth-order valence-electron chi connectivity index (χ4n) is 2.16. The molecule has 0 atom stereocenters. The largest absolute Gasteiger partial charge is 0.412 e. The van der Waals surface area contributed by atoms with E-state index >= 15 is 0 Å². The zero-order valence-corrected chi connectivity index (χ0v) is 12.8. The molecule has 116 valence electrons. The van der Waals surface area contributed by atoms with Crippen LogP contribution in [0.1, 0.15) is 21.8 Å². The zero-order chi connectivity index (χ0) is 16.1. The molecule has 5 heteroatoms. The molecule has 1 amide bonds. The summed E-state index contributed by atoms with van der Waals surface area (Å²) in [6, 6.07) is 17.6. The highest BCUT2D eigenvalue weighted by Crippen LogP contribution is 2.16. The van der Waals surface area contributed by atoms with E-state index in [-0.39, 0.29) is 11.8 Å². The highest BCUT2D eigenvalue weighted by Gasteiger charge is 2.15. The first-order valence-corrected chi connectivity index (χ1v) is 7.45. The first kappa shape index (κ1) is 15.0. The number of aromatic nitrogens is 2. The molecular weight excluding hydrogens is 290 g/mol. The van der Waals surface area contributed by atoms with E-state index in [1.165, 1.54) is 11.1 Å². The maximum Gasteiger partial charge on any atom is 0.308 e. The summed E-state index contributed by atoms with van der Waals surface area (Å²) in [5, 5.41) is 10.5. The van der Waals surface area contributed by atoms with Crippen LogP contribution >= 0.6 is 0 Å². The van der Waals surface area contributed by atoms with E-state index in [1.54, 1.807) is 0 Å². The Labute approximate surface area is 134 Å². The van der Waals surface area contributed by atoms with E-state index in [9.17, 15) is 4.79 Å². The number of nitrogens with zero attached hydrogens (tertiary/aromatic N) is 2. The van der Waals surface area contributed by atoms with Crippen molar-refractivity contribution in [2.75, 3.05) is 6.54 Å². The first-order chi connectivity index (χ1) is 11.2. The predicted octanol–water partition coefficient (Wildman–Crippen LogP) is 3.02. The number of benzene rings is 2. The van der Waals surface area contributed by atoms with Gasteiger partial charge in [0.25, 0.3) is 0 Å². The molecule has 1 heterocycles. The highest BCUT2D eigenvalue weighted by molar-refractivity contribution is 5.89. The lowest BCUT2D eigenvalue weighted by molar-refractivity contribution is 0.0920. The van der Waals surface area contributed by atoms with Gasteiger partial charge in [-0.15, -0.1) is 10.2 Å². The number of hydrogen-bond acceptors (Lipinski definition) is 4.